The van der Waals surface area contributed by atoms with Gasteiger partial charge in [-0.15, -0.1) is 0 Å². The van der Waals surface area contributed by atoms with Gasteiger partial charge in [-0.3, -0.25) is 9.59 Å². The van der Waals surface area contributed by atoms with Crippen molar-refractivity contribution in [2.24, 2.45) is 0 Å². The first-order chi connectivity index (χ1) is 12.5. The molecule has 138 valence electrons. The Bertz CT molecular complexity index is 905. The largest absolute Gasteiger partial charge is 0.347 e. The van der Waals surface area contributed by atoms with Crippen LogP contribution in [0.25, 0.3) is 11.0 Å². The number of nitrogens with zero attached hydrogens (tertiary/aromatic N) is 3. The first-order valence-electron chi connectivity index (χ1n) is 9.11. The lowest BCUT2D eigenvalue weighted by atomic mass is 10.0. The Morgan fingerprint density at radius 2 is 1.92 bits per heavy atom. The number of hydrogen-bond donors (Lipinski definition) is 0. The Labute approximate surface area is 151 Å². The summed E-state index contributed by atoms with van der Waals surface area (Å²) in [6.45, 7) is 6.67. The summed E-state index contributed by atoms with van der Waals surface area (Å²) in [5.41, 5.74) is 2.38. The smallest absolute Gasteiger partial charge is 0.272 e. The van der Waals surface area contributed by atoms with E-state index in [0.29, 0.717) is 62.5 Å². The molecule has 2 aliphatic heterocycles. The van der Waals surface area contributed by atoms with E-state index in [0.717, 1.165) is 5.52 Å². The van der Waals surface area contributed by atoms with E-state index >= 15 is 0 Å². The molecule has 7 heteroatoms. The zero-order valence-corrected chi connectivity index (χ0v) is 15.2. The van der Waals surface area contributed by atoms with Gasteiger partial charge in [0.2, 0.25) is 0 Å². The normalized spacial score (nSPS) is 19.4. The average Bonchev–Trinajstić information content (AvgIpc) is 3.10. The van der Waals surface area contributed by atoms with Crippen molar-refractivity contribution >= 4 is 16.9 Å². The Balaban J connectivity index is 1.60. The van der Waals surface area contributed by atoms with Gasteiger partial charge >= 0.3 is 0 Å². The predicted octanol–water partition coefficient (Wildman–Crippen LogP) is 1.70. The number of benzene rings is 1. The summed E-state index contributed by atoms with van der Waals surface area (Å²) in [7, 11) is 0. The number of rotatable bonds is 2. The second-order valence-electron chi connectivity index (χ2n) is 6.85. The minimum absolute atomic E-state index is 0.0200. The van der Waals surface area contributed by atoms with Gasteiger partial charge in [0.1, 0.15) is 5.69 Å². The lowest BCUT2D eigenvalue weighted by Crippen LogP contribution is -2.47. The summed E-state index contributed by atoms with van der Waals surface area (Å²) in [6, 6.07) is 5.37. The number of hydrogen-bond acceptors (Lipinski definition) is 5. The fourth-order valence-electron chi connectivity index (χ4n) is 3.84. The first-order valence-corrected chi connectivity index (χ1v) is 9.11. The minimum Gasteiger partial charge on any atom is -0.347 e. The fraction of sp³-hybridized carbons (Fsp3) is 0.526. The molecule has 7 nitrogen and oxygen atoms in total. The zero-order valence-electron chi connectivity index (χ0n) is 15.2. The number of carbonyl (C=O) groups excluding carboxylic acids is 1. The maximum absolute atomic E-state index is 12.9. The molecule has 0 saturated carbocycles. The van der Waals surface area contributed by atoms with Gasteiger partial charge in [0.15, 0.2) is 5.79 Å². The second-order valence-corrected chi connectivity index (χ2v) is 6.85. The van der Waals surface area contributed by atoms with Crippen molar-refractivity contribution in [2.45, 2.75) is 39.0 Å². The molecule has 2 fully saturated rings. The molecule has 26 heavy (non-hydrogen) atoms. The maximum atomic E-state index is 12.9. The number of fused-ring (bicyclic) bond motifs is 1. The third-order valence-electron chi connectivity index (χ3n) is 5.30. The minimum atomic E-state index is -0.490. The Morgan fingerprint density at radius 3 is 2.58 bits per heavy atom. The molecule has 2 aromatic rings. The van der Waals surface area contributed by atoms with Gasteiger partial charge in [-0.25, -0.2) is 4.98 Å². The highest BCUT2D eigenvalue weighted by molar-refractivity contribution is 5.97. The van der Waals surface area contributed by atoms with Gasteiger partial charge in [0.05, 0.1) is 24.2 Å². The van der Waals surface area contributed by atoms with Gasteiger partial charge in [0.25, 0.3) is 11.5 Å². The number of piperidine rings is 1. The van der Waals surface area contributed by atoms with Crippen molar-refractivity contribution in [1.82, 2.24) is 14.5 Å². The number of aromatic nitrogens is 2. The highest BCUT2D eigenvalue weighted by Crippen LogP contribution is 2.31. The van der Waals surface area contributed by atoms with Crippen LogP contribution in [0.15, 0.2) is 23.0 Å². The summed E-state index contributed by atoms with van der Waals surface area (Å²) in [5.74, 6) is -0.510. The summed E-state index contributed by atoms with van der Waals surface area (Å²) in [4.78, 5) is 31.3. The van der Waals surface area contributed by atoms with Gasteiger partial charge in [-0.05, 0) is 32.0 Å². The van der Waals surface area contributed by atoms with Crippen LogP contribution in [0.5, 0.6) is 0 Å². The number of aryl methyl sites for hydroxylation is 2. The number of likely N-dealkylation sites (tertiary alicyclic amines) is 1. The van der Waals surface area contributed by atoms with Crippen LogP contribution in [0.3, 0.4) is 0 Å². The molecule has 0 N–H and O–H groups in total. The van der Waals surface area contributed by atoms with E-state index in [2.05, 4.69) is 4.98 Å². The van der Waals surface area contributed by atoms with Crippen molar-refractivity contribution in [1.29, 1.82) is 0 Å². The van der Waals surface area contributed by atoms with Crippen LogP contribution >= 0.6 is 0 Å². The topological polar surface area (TPSA) is 73.7 Å². The first kappa shape index (κ1) is 17.2. The van der Waals surface area contributed by atoms with Crippen LogP contribution in [-0.2, 0) is 16.0 Å². The molecular weight excluding hydrogens is 334 g/mol. The molecule has 2 saturated heterocycles. The summed E-state index contributed by atoms with van der Waals surface area (Å²) < 4.78 is 13.1. The molecule has 0 atom stereocenters. The van der Waals surface area contributed by atoms with Crippen molar-refractivity contribution in [3.63, 3.8) is 0 Å². The number of carbonyl (C=O) groups is 1. The number of amides is 1. The number of ether oxygens (including phenoxy) is 2. The Kier molecular flexibility index (Phi) is 4.28. The quantitative estimate of drug-likeness (QED) is 0.818. The van der Waals surface area contributed by atoms with Crippen molar-refractivity contribution in [3.05, 3.63) is 39.8 Å². The van der Waals surface area contributed by atoms with E-state index in [1.54, 1.807) is 23.6 Å². The standard InChI is InChI=1S/C19H23N3O4/c1-3-22-16-5-4-14(12-15(16)20-13(2)17(22)23)18(24)21-8-6-19(7-9-21)25-10-11-26-19/h4-5,12H,3,6-11H2,1-2H3. The van der Waals surface area contributed by atoms with Crippen LogP contribution in [0.1, 0.15) is 35.8 Å². The highest BCUT2D eigenvalue weighted by atomic mass is 16.7. The van der Waals surface area contributed by atoms with Crippen LogP contribution in [0.2, 0.25) is 0 Å². The SMILES string of the molecule is CCn1c(=O)c(C)nc2cc(C(=O)N3CCC4(CC3)OCCO4)ccc21. The molecule has 1 amide bonds. The van der Waals surface area contributed by atoms with Crippen LogP contribution in [0, 0.1) is 6.92 Å². The Morgan fingerprint density at radius 1 is 1.23 bits per heavy atom. The summed E-state index contributed by atoms with van der Waals surface area (Å²) in [6.07, 6.45) is 1.39. The average molecular weight is 357 g/mol. The van der Waals surface area contributed by atoms with E-state index < -0.39 is 5.79 Å². The van der Waals surface area contributed by atoms with Crippen molar-refractivity contribution < 1.29 is 14.3 Å². The molecule has 0 bridgehead atoms. The third-order valence-corrected chi connectivity index (χ3v) is 5.30. The van der Waals surface area contributed by atoms with Gasteiger partial charge in [-0.2, -0.15) is 0 Å². The van der Waals surface area contributed by atoms with Gasteiger partial charge < -0.3 is 18.9 Å². The molecule has 0 unspecified atom stereocenters. The Hall–Kier alpha value is -2.25. The predicted molar refractivity (Wildman–Crippen MR) is 96.2 cm³/mol. The van der Waals surface area contributed by atoms with Crippen LogP contribution < -0.4 is 5.56 Å². The maximum Gasteiger partial charge on any atom is 0.272 e. The monoisotopic (exact) mass is 357 g/mol. The molecule has 2 aliphatic rings. The molecular formula is C19H23N3O4. The summed E-state index contributed by atoms with van der Waals surface area (Å²) in [5, 5.41) is 0. The van der Waals surface area contributed by atoms with E-state index in [-0.39, 0.29) is 11.5 Å². The fourth-order valence-corrected chi connectivity index (χ4v) is 3.84. The molecule has 1 spiro atoms. The summed E-state index contributed by atoms with van der Waals surface area (Å²) >= 11 is 0. The van der Waals surface area contributed by atoms with E-state index in [9.17, 15) is 9.59 Å². The van der Waals surface area contributed by atoms with E-state index in [4.69, 9.17) is 9.47 Å². The third kappa shape index (κ3) is 2.81. The lowest BCUT2D eigenvalue weighted by Gasteiger charge is -2.37. The molecule has 1 aromatic carbocycles. The molecule has 3 heterocycles. The van der Waals surface area contributed by atoms with E-state index in [1.165, 1.54) is 0 Å². The van der Waals surface area contributed by atoms with Crippen molar-refractivity contribution in [2.75, 3.05) is 26.3 Å². The zero-order chi connectivity index (χ0) is 18.3. The molecule has 4 rings (SSSR count). The van der Waals surface area contributed by atoms with Crippen LogP contribution in [-0.4, -0.2) is 52.4 Å². The van der Waals surface area contributed by atoms with E-state index in [1.807, 2.05) is 17.9 Å². The van der Waals surface area contributed by atoms with Crippen LogP contribution in [0.4, 0.5) is 0 Å². The lowest BCUT2D eigenvalue weighted by molar-refractivity contribution is -0.181. The second kappa shape index (κ2) is 6.48. The molecule has 0 radical (unpaired) electrons. The molecule has 0 aliphatic carbocycles. The van der Waals surface area contributed by atoms with Crippen molar-refractivity contribution in [3.8, 4) is 0 Å². The van der Waals surface area contributed by atoms with Gasteiger partial charge in [-0.1, -0.05) is 0 Å². The van der Waals surface area contributed by atoms with Gasteiger partial charge in [0, 0.05) is 38.0 Å². The molecule has 1 aromatic heterocycles. The highest BCUT2D eigenvalue weighted by Gasteiger charge is 2.40.